The van der Waals surface area contributed by atoms with E-state index in [1.165, 1.54) is 0 Å². The number of para-hydroxylation sites is 1. The average Bonchev–Trinajstić information content (AvgIpc) is 3.28. The molecule has 0 radical (unpaired) electrons. The van der Waals surface area contributed by atoms with Crippen LogP contribution in [0.1, 0.15) is 16.1 Å². The van der Waals surface area contributed by atoms with Crippen LogP contribution in [0.15, 0.2) is 57.4 Å². The van der Waals surface area contributed by atoms with Crippen LogP contribution in [0.2, 0.25) is 0 Å². The molecule has 1 N–H and O–H groups in total. The van der Waals surface area contributed by atoms with Gasteiger partial charge in [0.15, 0.2) is 17.1 Å². The SMILES string of the molecule is COc1cccc2cc(C(=O)Nc3nnc(-c4cccc(C)c4)o3)oc12. The quantitative estimate of drug-likeness (QED) is 0.598. The van der Waals surface area contributed by atoms with Gasteiger partial charge in [0.1, 0.15) is 0 Å². The highest BCUT2D eigenvalue weighted by Crippen LogP contribution is 2.29. The summed E-state index contributed by atoms with van der Waals surface area (Å²) in [6.45, 7) is 1.97. The molecule has 4 rings (SSSR count). The van der Waals surface area contributed by atoms with Gasteiger partial charge in [0.25, 0.3) is 5.91 Å². The molecule has 2 heterocycles. The highest BCUT2D eigenvalue weighted by Gasteiger charge is 2.18. The fraction of sp³-hybridized carbons (Fsp3) is 0.105. The summed E-state index contributed by atoms with van der Waals surface area (Å²) in [6, 6.07) is 14.7. The van der Waals surface area contributed by atoms with E-state index in [9.17, 15) is 4.79 Å². The van der Waals surface area contributed by atoms with Crippen molar-refractivity contribution >= 4 is 22.9 Å². The number of hydrogen-bond donors (Lipinski definition) is 1. The second-order valence-corrected chi connectivity index (χ2v) is 5.73. The number of amides is 1. The molecule has 7 nitrogen and oxygen atoms in total. The van der Waals surface area contributed by atoms with Crippen LogP contribution >= 0.6 is 0 Å². The van der Waals surface area contributed by atoms with Crippen LogP contribution in [0.3, 0.4) is 0 Å². The second kappa shape index (κ2) is 6.36. The van der Waals surface area contributed by atoms with Gasteiger partial charge in [0, 0.05) is 10.9 Å². The number of rotatable bonds is 4. The zero-order chi connectivity index (χ0) is 18.1. The van der Waals surface area contributed by atoms with Crippen LogP contribution in [0, 0.1) is 6.92 Å². The van der Waals surface area contributed by atoms with Crippen LogP contribution in [0.25, 0.3) is 22.4 Å². The largest absolute Gasteiger partial charge is 0.493 e. The van der Waals surface area contributed by atoms with E-state index >= 15 is 0 Å². The van der Waals surface area contributed by atoms with Crippen molar-refractivity contribution in [2.45, 2.75) is 6.92 Å². The molecular formula is C19H15N3O4. The Balaban J connectivity index is 1.57. The zero-order valence-electron chi connectivity index (χ0n) is 14.1. The Morgan fingerprint density at radius 1 is 1.08 bits per heavy atom. The molecule has 0 aliphatic carbocycles. The monoisotopic (exact) mass is 349 g/mol. The van der Waals surface area contributed by atoms with Crippen molar-refractivity contribution in [3.05, 3.63) is 59.9 Å². The molecule has 0 fully saturated rings. The molecule has 2 aromatic carbocycles. The topological polar surface area (TPSA) is 90.4 Å². The number of carbonyl (C=O) groups excluding carboxylic acids is 1. The lowest BCUT2D eigenvalue weighted by Crippen LogP contribution is -2.10. The van der Waals surface area contributed by atoms with Gasteiger partial charge in [-0.2, -0.15) is 0 Å². The number of hydrogen-bond acceptors (Lipinski definition) is 6. The predicted octanol–water partition coefficient (Wildman–Crippen LogP) is 4.05. The molecule has 2 aromatic heterocycles. The number of aromatic nitrogens is 2. The van der Waals surface area contributed by atoms with E-state index in [0.717, 1.165) is 16.5 Å². The predicted molar refractivity (Wildman–Crippen MR) is 95.2 cm³/mol. The van der Waals surface area contributed by atoms with Crippen molar-refractivity contribution in [3.8, 4) is 17.2 Å². The van der Waals surface area contributed by atoms with E-state index < -0.39 is 5.91 Å². The second-order valence-electron chi connectivity index (χ2n) is 5.73. The number of anilines is 1. The van der Waals surface area contributed by atoms with E-state index in [2.05, 4.69) is 15.5 Å². The van der Waals surface area contributed by atoms with Crippen LogP contribution in [0.5, 0.6) is 5.75 Å². The molecule has 0 bridgehead atoms. The maximum absolute atomic E-state index is 12.4. The fourth-order valence-electron chi connectivity index (χ4n) is 2.64. The molecule has 4 aromatic rings. The molecule has 0 aliphatic rings. The van der Waals surface area contributed by atoms with Crippen molar-refractivity contribution in [2.24, 2.45) is 0 Å². The Morgan fingerprint density at radius 3 is 2.73 bits per heavy atom. The van der Waals surface area contributed by atoms with Crippen LogP contribution in [-0.2, 0) is 0 Å². The number of nitrogens with one attached hydrogen (secondary N) is 1. The lowest BCUT2D eigenvalue weighted by molar-refractivity contribution is 0.0995. The smallest absolute Gasteiger partial charge is 0.322 e. The Morgan fingerprint density at radius 2 is 1.92 bits per heavy atom. The number of furan rings is 1. The van der Waals surface area contributed by atoms with Gasteiger partial charge in [-0.25, -0.2) is 0 Å². The van der Waals surface area contributed by atoms with E-state index in [4.69, 9.17) is 13.6 Å². The number of nitrogens with zero attached hydrogens (tertiary/aromatic N) is 2. The average molecular weight is 349 g/mol. The molecule has 1 amide bonds. The van der Waals surface area contributed by atoms with Gasteiger partial charge in [-0.15, -0.1) is 5.10 Å². The van der Waals surface area contributed by atoms with Gasteiger partial charge in [-0.3, -0.25) is 10.1 Å². The highest BCUT2D eigenvalue weighted by atomic mass is 16.5. The van der Waals surface area contributed by atoms with Gasteiger partial charge in [0.05, 0.1) is 7.11 Å². The minimum Gasteiger partial charge on any atom is -0.493 e. The number of fused-ring (bicyclic) bond motifs is 1. The molecule has 7 heteroatoms. The Hall–Kier alpha value is -3.61. The Labute approximate surface area is 148 Å². The third kappa shape index (κ3) is 2.90. The first-order valence-electron chi connectivity index (χ1n) is 7.92. The molecule has 0 unspecified atom stereocenters. The van der Waals surface area contributed by atoms with Gasteiger partial charge >= 0.3 is 6.01 Å². The minimum absolute atomic E-state index is 0.000993. The molecule has 26 heavy (non-hydrogen) atoms. The molecule has 0 atom stereocenters. The summed E-state index contributed by atoms with van der Waals surface area (Å²) in [4.78, 5) is 12.4. The molecular weight excluding hydrogens is 334 g/mol. The summed E-state index contributed by atoms with van der Waals surface area (Å²) >= 11 is 0. The molecule has 0 spiro atoms. The maximum Gasteiger partial charge on any atom is 0.322 e. The normalized spacial score (nSPS) is 10.8. The molecule has 0 aliphatic heterocycles. The summed E-state index contributed by atoms with van der Waals surface area (Å²) in [5, 5.41) is 11.1. The lowest BCUT2D eigenvalue weighted by atomic mass is 10.1. The zero-order valence-corrected chi connectivity index (χ0v) is 14.1. The van der Waals surface area contributed by atoms with Crippen molar-refractivity contribution in [2.75, 3.05) is 12.4 Å². The van der Waals surface area contributed by atoms with E-state index in [1.807, 2.05) is 43.3 Å². The van der Waals surface area contributed by atoms with Gasteiger partial charge in [-0.1, -0.05) is 34.9 Å². The van der Waals surface area contributed by atoms with Crippen LogP contribution in [-0.4, -0.2) is 23.2 Å². The first-order chi connectivity index (χ1) is 12.6. The summed E-state index contributed by atoms with van der Waals surface area (Å²) in [5.41, 5.74) is 2.36. The highest BCUT2D eigenvalue weighted by molar-refractivity contribution is 6.04. The van der Waals surface area contributed by atoms with Crippen molar-refractivity contribution < 1.29 is 18.4 Å². The third-order valence-corrected chi connectivity index (χ3v) is 3.86. The van der Waals surface area contributed by atoms with Crippen LogP contribution in [0.4, 0.5) is 6.01 Å². The number of ether oxygens (including phenoxy) is 1. The van der Waals surface area contributed by atoms with Gasteiger partial charge in [-0.05, 0) is 31.2 Å². The number of methoxy groups -OCH3 is 1. The Bertz CT molecular complexity index is 1100. The van der Waals surface area contributed by atoms with Gasteiger partial charge in [0.2, 0.25) is 5.89 Å². The van der Waals surface area contributed by atoms with Crippen LogP contribution < -0.4 is 10.1 Å². The first-order valence-corrected chi connectivity index (χ1v) is 7.92. The standard InChI is InChI=1S/C19H15N3O4/c1-11-5-3-7-13(9-11)18-21-22-19(26-18)20-17(23)15-10-12-6-4-8-14(24-2)16(12)25-15/h3-10H,1-2H3,(H,20,22,23). The number of benzene rings is 2. The van der Waals surface area contributed by atoms with Crippen molar-refractivity contribution in [1.82, 2.24) is 10.2 Å². The summed E-state index contributed by atoms with van der Waals surface area (Å²) in [6.07, 6.45) is 0. The third-order valence-electron chi connectivity index (χ3n) is 3.86. The fourth-order valence-corrected chi connectivity index (χ4v) is 2.64. The lowest BCUT2D eigenvalue weighted by Gasteiger charge is -1.99. The molecule has 130 valence electrons. The Kier molecular flexibility index (Phi) is 3.89. The van der Waals surface area contributed by atoms with E-state index in [1.54, 1.807) is 19.2 Å². The number of aryl methyl sites for hydroxylation is 1. The summed E-state index contributed by atoms with van der Waals surface area (Å²) in [7, 11) is 1.54. The van der Waals surface area contributed by atoms with E-state index in [0.29, 0.717) is 17.2 Å². The van der Waals surface area contributed by atoms with Crippen molar-refractivity contribution in [1.29, 1.82) is 0 Å². The van der Waals surface area contributed by atoms with Crippen molar-refractivity contribution in [3.63, 3.8) is 0 Å². The summed E-state index contributed by atoms with van der Waals surface area (Å²) in [5.74, 6) is 0.527. The summed E-state index contributed by atoms with van der Waals surface area (Å²) < 4.78 is 16.4. The first kappa shape index (κ1) is 15.9. The maximum atomic E-state index is 12.4. The molecule has 0 saturated carbocycles. The molecule has 0 saturated heterocycles. The minimum atomic E-state index is -0.484. The van der Waals surface area contributed by atoms with Gasteiger partial charge < -0.3 is 13.6 Å². The van der Waals surface area contributed by atoms with E-state index in [-0.39, 0.29) is 11.8 Å². The number of carbonyl (C=O) groups is 1.